The molecule has 0 unspecified atom stereocenters. The van der Waals surface area contributed by atoms with Gasteiger partial charge >= 0.3 is 5.97 Å². The van der Waals surface area contributed by atoms with Crippen LogP contribution in [0.3, 0.4) is 0 Å². The Labute approximate surface area is 296 Å². The van der Waals surface area contributed by atoms with Crippen LogP contribution in [0.15, 0.2) is 66.8 Å². The second-order valence-electron chi connectivity index (χ2n) is 18.7. The Morgan fingerprint density at radius 2 is 1.51 bits per heavy atom. The van der Waals surface area contributed by atoms with Crippen LogP contribution in [0.5, 0.6) is 0 Å². The molecule has 0 radical (unpaired) electrons. The minimum atomic E-state index is -0.870. The van der Waals surface area contributed by atoms with Crippen molar-refractivity contribution in [3.8, 4) is 0 Å². The summed E-state index contributed by atoms with van der Waals surface area (Å²) in [6.07, 6.45) is 14.5. The van der Waals surface area contributed by atoms with Crippen molar-refractivity contribution in [2.24, 2.45) is 56.7 Å². The number of carbonyl (C=O) groups is 2. The molecule has 5 aliphatic carbocycles. The molecule has 0 bridgehead atoms. The molecule has 0 aromatic heterocycles. The van der Waals surface area contributed by atoms with Crippen molar-refractivity contribution in [2.75, 3.05) is 0 Å². The predicted molar refractivity (Wildman–Crippen MR) is 200 cm³/mol. The molecule has 4 saturated carbocycles. The zero-order chi connectivity index (χ0) is 35.1. The van der Waals surface area contributed by atoms with Gasteiger partial charge in [0.2, 0.25) is 0 Å². The average molecular weight is 661 g/mol. The summed E-state index contributed by atoms with van der Waals surface area (Å²) in [4.78, 5) is 26.2. The third kappa shape index (κ3) is 5.02. The van der Waals surface area contributed by atoms with Crippen LogP contribution in [0.2, 0.25) is 0 Å². The van der Waals surface area contributed by atoms with E-state index in [0.717, 1.165) is 32.1 Å². The Morgan fingerprint density at radius 3 is 2.16 bits per heavy atom. The molecule has 2 aromatic carbocycles. The average Bonchev–Trinajstić information content (AvgIpc) is 3.46. The smallest absolute Gasteiger partial charge is 0.335 e. The summed E-state index contributed by atoms with van der Waals surface area (Å²) in [5.74, 6) is 2.30. The molecule has 0 saturated heterocycles. The maximum Gasteiger partial charge on any atom is 0.335 e. The highest BCUT2D eigenvalue weighted by molar-refractivity contribution is 5.88. The summed E-state index contributed by atoms with van der Waals surface area (Å²) in [5, 5.41) is 9.49. The van der Waals surface area contributed by atoms with E-state index in [4.69, 9.17) is 0 Å². The molecule has 3 heteroatoms. The summed E-state index contributed by atoms with van der Waals surface area (Å²) in [6, 6.07) is 16.3. The molecule has 7 rings (SSSR count). The molecule has 0 amide bonds. The maximum absolute atomic E-state index is 14.6. The molecular formula is C46H60O3. The van der Waals surface area contributed by atoms with E-state index in [1.54, 1.807) is 12.1 Å². The number of hydrogen-bond donors (Lipinski definition) is 1. The Kier molecular flexibility index (Phi) is 8.32. The number of ketones is 1. The quantitative estimate of drug-likeness (QED) is 0.301. The lowest BCUT2D eigenvalue weighted by atomic mass is 9.32. The van der Waals surface area contributed by atoms with Gasteiger partial charge in [-0.25, -0.2) is 4.79 Å². The second-order valence-corrected chi connectivity index (χ2v) is 18.7. The first-order valence-electron chi connectivity index (χ1n) is 19.4. The predicted octanol–water partition coefficient (Wildman–Crippen LogP) is 11.5. The molecule has 2 aromatic rings. The van der Waals surface area contributed by atoms with Crippen LogP contribution in [-0.2, 0) is 11.2 Å². The van der Waals surface area contributed by atoms with E-state index in [9.17, 15) is 14.7 Å². The standard InChI is InChI=1S/C46H60O3/c1-29(2)34-21-26-46(39(47)20-13-31-11-9-30(3)10-12-31)28-27-44(7)36(40(34)46)18-19-38-43(6)24-22-35(32-14-16-33(17-15-32)41(48)49)42(4,5)37(43)23-25-45(38,44)8/h9-12,14-17,22,34,36-38,40H,1,13,18-21,23-28H2,2-8H3,(H,48,49)/t34-,36+,37-,38+,40+,43-,44+,45+,46+/m0/s1. The minimum Gasteiger partial charge on any atom is -0.478 e. The lowest BCUT2D eigenvalue weighted by Crippen LogP contribution is -2.65. The van der Waals surface area contributed by atoms with Gasteiger partial charge in [-0.2, -0.15) is 0 Å². The Morgan fingerprint density at radius 1 is 0.816 bits per heavy atom. The second kappa shape index (κ2) is 11.8. The third-order valence-electron chi connectivity index (χ3n) is 16.4. The third-order valence-corrected chi connectivity index (χ3v) is 16.4. The number of rotatable bonds is 7. The normalized spacial score (nSPS) is 39.1. The van der Waals surface area contributed by atoms with Gasteiger partial charge in [0.05, 0.1) is 5.56 Å². The molecule has 0 heterocycles. The number of carboxylic acids is 1. The van der Waals surface area contributed by atoms with Crippen LogP contribution in [0, 0.1) is 63.6 Å². The van der Waals surface area contributed by atoms with Crippen LogP contribution in [-0.4, -0.2) is 16.9 Å². The monoisotopic (exact) mass is 660 g/mol. The van der Waals surface area contributed by atoms with E-state index in [-0.39, 0.29) is 27.1 Å². The Bertz CT molecular complexity index is 1680. The van der Waals surface area contributed by atoms with Gasteiger partial charge in [-0.3, -0.25) is 4.79 Å². The van der Waals surface area contributed by atoms with Crippen LogP contribution < -0.4 is 0 Å². The molecule has 1 N–H and O–H groups in total. The van der Waals surface area contributed by atoms with Gasteiger partial charge < -0.3 is 5.11 Å². The summed E-state index contributed by atoms with van der Waals surface area (Å²) in [7, 11) is 0. The van der Waals surface area contributed by atoms with Crippen molar-refractivity contribution >= 4 is 17.3 Å². The lowest BCUT2D eigenvalue weighted by Gasteiger charge is -2.72. The number of Topliss-reactive ketones (excluding diaryl/α,β-unsaturated/α-hetero) is 1. The zero-order valence-corrected chi connectivity index (χ0v) is 31.3. The Balaban J connectivity index is 1.19. The van der Waals surface area contributed by atoms with Crippen molar-refractivity contribution < 1.29 is 14.7 Å². The zero-order valence-electron chi connectivity index (χ0n) is 31.3. The van der Waals surface area contributed by atoms with Crippen molar-refractivity contribution in [3.05, 3.63) is 89.0 Å². The molecule has 0 aliphatic heterocycles. The number of benzene rings is 2. The van der Waals surface area contributed by atoms with Gasteiger partial charge in [0.15, 0.2) is 0 Å². The van der Waals surface area contributed by atoms with Crippen molar-refractivity contribution in [1.29, 1.82) is 0 Å². The van der Waals surface area contributed by atoms with Crippen LogP contribution >= 0.6 is 0 Å². The number of allylic oxidation sites excluding steroid dienone is 3. The number of fused-ring (bicyclic) bond motifs is 7. The highest BCUT2D eigenvalue weighted by Gasteiger charge is 2.71. The molecule has 262 valence electrons. The SMILES string of the molecule is C=C(C)[C@@H]1CC[C@]2(C(=O)CCc3ccc(C)cc3)CC[C@]3(C)[C@H](CC[C@@H]4[C@@]5(C)CC=C(c6ccc(C(=O)O)cc6)C(C)(C)[C@@H]5CC[C@]43C)[C@@H]12. The van der Waals surface area contributed by atoms with Crippen LogP contribution in [0.25, 0.3) is 5.57 Å². The van der Waals surface area contributed by atoms with Crippen molar-refractivity contribution in [2.45, 2.75) is 119 Å². The van der Waals surface area contributed by atoms with Gasteiger partial charge in [-0.1, -0.05) is 94.8 Å². The van der Waals surface area contributed by atoms with Crippen LogP contribution in [0.1, 0.15) is 133 Å². The summed E-state index contributed by atoms with van der Waals surface area (Å²) < 4.78 is 0. The number of carboxylic acid groups (broad SMARTS) is 1. The van der Waals surface area contributed by atoms with E-state index < -0.39 is 5.97 Å². The molecule has 9 atom stereocenters. The van der Waals surface area contributed by atoms with Gasteiger partial charge in [0, 0.05) is 11.8 Å². The van der Waals surface area contributed by atoms with E-state index in [2.05, 4.69) is 85.4 Å². The van der Waals surface area contributed by atoms with Crippen molar-refractivity contribution in [1.82, 2.24) is 0 Å². The van der Waals surface area contributed by atoms with Gasteiger partial charge in [-0.05, 0) is 158 Å². The fourth-order valence-electron chi connectivity index (χ4n) is 13.8. The molecule has 49 heavy (non-hydrogen) atoms. The lowest BCUT2D eigenvalue weighted by molar-refractivity contribution is -0.224. The minimum absolute atomic E-state index is 0.00108. The Hall–Kier alpha value is -2.94. The molecule has 0 spiro atoms. The van der Waals surface area contributed by atoms with E-state index in [1.165, 1.54) is 59.9 Å². The first-order valence-corrected chi connectivity index (χ1v) is 19.4. The largest absolute Gasteiger partial charge is 0.478 e. The van der Waals surface area contributed by atoms with E-state index in [0.29, 0.717) is 47.4 Å². The highest BCUT2D eigenvalue weighted by atomic mass is 16.4. The molecule has 4 fully saturated rings. The van der Waals surface area contributed by atoms with Crippen molar-refractivity contribution in [3.63, 3.8) is 0 Å². The fourth-order valence-corrected chi connectivity index (χ4v) is 13.8. The maximum atomic E-state index is 14.6. The first-order chi connectivity index (χ1) is 23.1. The number of aromatic carboxylic acids is 1. The summed E-state index contributed by atoms with van der Waals surface area (Å²) in [6.45, 7) is 21.8. The molecule has 5 aliphatic rings. The van der Waals surface area contributed by atoms with Gasteiger partial charge in [0.25, 0.3) is 0 Å². The van der Waals surface area contributed by atoms with Gasteiger partial charge in [0.1, 0.15) is 5.78 Å². The fraction of sp³-hybridized carbons (Fsp3) is 0.609. The number of aryl methyl sites for hydroxylation is 2. The molecule has 3 nitrogen and oxygen atoms in total. The summed E-state index contributed by atoms with van der Waals surface area (Å²) in [5.41, 5.74) is 7.20. The highest BCUT2D eigenvalue weighted by Crippen LogP contribution is 2.78. The topological polar surface area (TPSA) is 54.4 Å². The number of hydrogen-bond acceptors (Lipinski definition) is 2. The van der Waals surface area contributed by atoms with Crippen LogP contribution in [0.4, 0.5) is 0 Å². The van der Waals surface area contributed by atoms with E-state index in [1.807, 2.05) is 12.1 Å². The number of carbonyl (C=O) groups excluding carboxylic acids is 1. The summed E-state index contributed by atoms with van der Waals surface area (Å²) >= 11 is 0. The first kappa shape index (κ1) is 34.5. The molecular weight excluding hydrogens is 601 g/mol. The van der Waals surface area contributed by atoms with Gasteiger partial charge in [-0.15, -0.1) is 0 Å². The van der Waals surface area contributed by atoms with E-state index >= 15 is 0 Å².